The first-order chi connectivity index (χ1) is 7.22. The number of hydroxylamine groups is 2. The summed E-state index contributed by atoms with van der Waals surface area (Å²) in [7, 11) is 1.30. The van der Waals surface area contributed by atoms with E-state index in [4.69, 9.17) is 0 Å². The lowest BCUT2D eigenvalue weighted by atomic mass is 9.95. The van der Waals surface area contributed by atoms with E-state index in [1.54, 1.807) is 0 Å². The summed E-state index contributed by atoms with van der Waals surface area (Å²) in [5, 5.41) is 12.4. The first-order valence-corrected chi connectivity index (χ1v) is 4.80. The first kappa shape index (κ1) is 10.1. The molecule has 1 aliphatic rings. The molecule has 0 aliphatic carbocycles. The van der Waals surface area contributed by atoms with E-state index >= 15 is 0 Å². The molecule has 15 heavy (non-hydrogen) atoms. The molecular formula is C11H12NO3-. The molecule has 1 unspecified atom stereocenters. The highest BCUT2D eigenvalue weighted by Crippen LogP contribution is 2.22. The average molecular weight is 206 g/mol. The minimum Gasteiger partial charge on any atom is -0.784 e. The van der Waals surface area contributed by atoms with Crippen molar-refractivity contribution in [2.45, 2.75) is 19.0 Å². The smallest absolute Gasteiger partial charge is 0.322 e. The third kappa shape index (κ3) is 1.86. The van der Waals surface area contributed by atoms with E-state index in [1.165, 1.54) is 7.11 Å². The molecule has 0 fully saturated rings. The summed E-state index contributed by atoms with van der Waals surface area (Å²) in [6, 6.07) is 6.97. The van der Waals surface area contributed by atoms with Crippen molar-refractivity contribution in [3.8, 4) is 0 Å². The average Bonchev–Trinajstić information content (AvgIpc) is 2.27. The maximum Gasteiger partial charge on any atom is 0.322 e. The van der Waals surface area contributed by atoms with Gasteiger partial charge in [0.15, 0.2) is 0 Å². The lowest BCUT2D eigenvalue weighted by Crippen LogP contribution is -2.42. The third-order valence-corrected chi connectivity index (χ3v) is 2.68. The largest absolute Gasteiger partial charge is 0.784 e. The van der Waals surface area contributed by atoms with E-state index in [-0.39, 0.29) is 6.54 Å². The van der Waals surface area contributed by atoms with Gasteiger partial charge >= 0.3 is 5.97 Å². The molecule has 4 nitrogen and oxygen atoms in total. The Hall–Kier alpha value is -1.39. The van der Waals surface area contributed by atoms with Crippen molar-refractivity contribution in [2.75, 3.05) is 7.11 Å². The number of ether oxygens (including phenoxy) is 1. The summed E-state index contributed by atoms with van der Waals surface area (Å²) >= 11 is 0. The molecule has 80 valence electrons. The summed E-state index contributed by atoms with van der Waals surface area (Å²) in [6.45, 7) is 0.260. The second-order valence-corrected chi connectivity index (χ2v) is 3.59. The second kappa shape index (κ2) is 4.00. The molecule has 0 amide bonds. The molecule has 2 rings (SSSR count). The van der Waals surface area contributed by atoms with Crippen molar-refractivity contribution < 1.29 is 9.53 Å². The Morgan fingerprint density at radius 1 is 1.47 bits per heavy atom. The van der Waals surface area contributed by atoms with Gasteiger partial charge in [0.05, 0.1) is 7.11 Å². The minimum absolute atomic E-state index is 0.260. The molecule has 0 saturated carbocycles. The first-order valence-electron chi connectivity index (χ1n) is 4.80. The Labute approximate surface area is 88.0 Å². The number of carbonyl (C=O) groups is 1. The lowest BCUT2D eigenvalue weighted by Gasteiger charge is -2.39. The number of benzene rings is 1. The Bertz CT molecular complexity index is 378. The van der Waals surface area contributed by atoms with E-state index in [0.29, 0.717) is 6.42 Å². The number of rotatable bonds is 1. The number of methoxy groups -OCH3 is 1. The zero-order chi connectivity index (χ0) is 10.8. The fourth-order valence-corrected chi connectivity index (χ4v) is 1.84. The van der Waals surface area contributed by atoms with Crippen LogP contribution in [0.5, 0.6) is 0 Å². The van der Waals surface area contributed by atoms with E-state index in [1.807, 2.05) is 24.3 Å². The van der Waals surface area contributed by atoms with Gasteiger partial charge < -0.3 is 15.0 Å². The molecule has 4 heteroatoms. The molecule has 1 aromatic carbocycles. The van der Waals surface area contributed by atoms with Gasteiger partial charge in [-0.05, 0) is 17.5 Å². The summed E-state index contributed by atoms with van der Waals surface area (Å²) in [5.74, 6) is -0.459. The van der Waals surface area contributed by atoms with Crippen molar-refractivity contribution >= 4 is 5.97 Å². The van der Waals surface area contributed by atoms with Crippen LogP contribution in [0.2, 0.25) is 0 Å². The Kier molecular flexibility index (Phi) is 2.70. The van der Waals surface area contributed by atoms with Crippen LogP contribution in [0.4, 0.5) is 0 Å². The number of esters is 1. The quantitative estimate of drug-likeness (QED) is 0.645. The normalized spacial score (nSPS) is 20.8. The van der Waals surface area contributed by atoms with Gasteiger partial charge in [0.1, 0.15) is 6.04 Å². The van der Waals surface area contributed by atoms with Gasteiger partial charge in [-0.15, -0.1) is 0 Å². The number of fused-ring (bicyclic) bond motifs is 1. The molecule has 0 aromatic heterocycles. The molecular weight excluding hydrogens is 194 g/mol. The topological polar surface area (TPSA) is 52.6 Å². The highest BCUT2D eigenvalue weighted by atomic mass is 16.5. The Morgan fingerprint density at radius 3 is 2.80 bits per heavy atom. The summed E-state index contributed by atoms with van der Waals surface area (Å²) in [5.41, 5.74) is 2.05. The van der Waals surface area contributed by atoms with Crippen molar-refractivity contribution in [1.29, 1.82) is 0 Å². The van der Waals surface area contributed by atoms with Gasteiger partial charge in [-0.3, -0.25) is 4.79 Å². The fourth-order valence-electron chi connectivity index (χ4n) is 1.84. The van der Waals surface area contributed by atoms with Crippen LogP contribution < -0.4 is 0 Å². The highest BCUT2D eigenvalue weighted by Gasteiger charge is 2.26. The van der Waals surface area contributed by atoms with Gasteiger partial charge in [-0.2, -0.15) is 0 Å². The van der Waals surface area contributed by atoms with E-state index in [2.05, 4.69) is 4.74 Å². The minimum atomic E-state index is -0.690. The van der Waals surface area contributed by atoms with Crippen LogP contribution in [0.25, 0.3) is 0 Å². The van der Waals surface area contributed by atoms with Crippen molar-refractivity contribution in [3.63, 3.8) is 0 Å². The van der Waals surface area contributed by atoms with E-state index in [9.17, 15) is 10.0 Å². The molecule has 0 radical (unpaired) electrons. The molecule has 0 N–H and O–H groups in total. The molecule has 0 bridgehead atoms. The molecule has 1 aliphatic heterocycles. The Morgan fingerprint density at radius 2 is 2.13 bits per heavy atom. The van der Waals surface area contributed by atoms with Crippen LogP contribution in [0.1, 0.15) is 11.1 Å². The number of hydrogen-bond acceptors (Lipinski definition) is 4. The summed E-state index contributed by atoms with van der Waals surface area (Å²) < 4.78 is 4.59. The number of hydrogen-bond donors (Lipinski definition) is 0. The third-order valence-electron chi connectivity index (χ3n) is 2.68. The van der Waals surface area contributed by atoms with Gasteiger partial charge in [0.2, 0.25) is 0 Å². The van der Waals surface area contributed by atoms with Crippen LogP contribution in [0.3, 0.4) is 0 Å². The second-order valence-electron chi connectivity index (χ2n) is 3.59. The Balaban J connectivity index is 2.25. The van der Waals surface area contributed by atoms with Crippen molar-refractivity contribution in [2.24, 2.45) is 0 Å². The van der Waals surface area contributed by atoms with Crippen molar-refractivity contribution in [1.82, 2.24) is 5.06 Å². The summed E-state index contributed by atoms with van der Waals surface area (Å²) in [4.78, 5) is 11.3. The van der Waals surface area contributed by atoms with Crippen LogP contribution >= 0.6 is 0 Å². The van der Waals surface area contributed by atoms with Gasteiger partial charge in [0, 0.05) is 6.54 Å². The molecule has 1 atom stereocenters. The zero-order valence-corrected chi connectivity index (χ0v) is 8.47. The SMILES string of the molecule is COC(=O)C1Cc2ccccc2CN1[O-]. The predicted molar refractivity (Wildman–Crippen MR) is 54.9 cm³/mol. The van der Waals surface area contributed by atoms with Crippen molar-refractivity contribution in [3.05, 3.63) is 40.6 Å². The van der Waals surface area contributed by atoms with Crippen LogP contribution in [0.15, 0.2) is 24.3 Å². The van der Waals surface area contributed by atoms with E-state index < -0.39 is 12.0 Å². The van der Waals surface area contributed by atoms with Gasteiger partial charge in [-0.25, -0.2) is 0 Å². The van der Waals surface area contributed by atoms with Crippen LogP contribution in [-0.2, 0) is 22.5 Å². The van der Waals surface area contributed by atoms with Gasteiger partial charge in [-0.1, -0.05) is 24.3 Å². The molecule has 0 saturated heterocycles. The number of carbonyl (C=O) groups excluding carboxylic acids is 1. The lowest BCUT2D eigenvalue weighted by molar-refractivity contribution is -0.146. The van der Waals surface area contributed by atoms with Crippen LogP contribution in [-0.4, -0.2) is 24.2 Å². The van der Waals surface area contributed by atoms with E-state index in [0.717, 1.165) is 16.2 Å². The predicted octanol–water partition coefficient (Wildman–Crippen LogP) is 1.08. The molecule has 1 aromatic rings. The highest BCUT2D eigenvalue weighted by molar-refractivity contribution is 5.76. The summed E-state index contributed by atoms with van der Waals surface area (Å²) in [6.07, 6.45) is 0.437. The maximum atomic E-state index is 11.6. The standard InChI is InChI=1S/C11H12NO3/c1-15-11(13)10-6-8-4-2-3-5-9(8)7-12(10)14/h2-5,10H,6-7H2,1H3/q-1. The maximum absolute atomic E-state index is 11.6. The fraction of sp³-hybridized carbons (Fsp3) is 0.364. The number of nitrogens with zero attached hydrogens (tertiary/aromatic N) is 1. The monoisotopic (exact) mass is 206 g/mol. The molecule has 0 spiro atoms. The molecule has 1 heterocycles. The zero-order valence-electron chi connectivity index (χ0n) is 8.47. The van der Waals surface area contributed by atoms with Crippen LogP contribution in [0, 0.1) is 5.21 Å². The van der Waals surface area contributed by atoms with Gasteiger partial charge in [0.25, 0.3) is 0 Å².